The maximum absolute atomic E-state index is 6.04. The van der Waals surface area contributed by atoms with Gasteiger partial charge in [-0.1, -0.05) is 13.2 Å². The second-order valence-corrected chi connectivity index (χ2v) is 6.46. The summed E-state index contributed by atoms with van der Waals surface area (Å²) in [6.07, 6.45) is 9.62. The number of ether oxygens (including phenoxy) is 1. The standard InChI is InChI=1S/C22H21N5O/c1-16(8-12-26(23)20-4-3-10-24-15-20)17(2)21-7-11-25-27(21)19-5-6-22-18(14-19)9-13-28-22/h3-8,10-12,14-15H,1-2,9,13,23H2/b12-8-. The van der Waals surface area contributed by atoms with Crippen molar-refractivity contribution in [3.05, 3.63) is 97.3 Å². The second-order valence-electron chi connectivity index (χ2n) is 6.46. The zero-order valence-electron chi connectivity index (χ0n) is 15.5. The zero-order valence-corrected chi connectivity index (χ0v) is 15.5. The number of nitrogens with two attached hydrogens (primary N) is 1. The van der Waals surface area contributed by atoms with Gasteiger partial charge in [0.25, 0.3) is 0 Å². The average molecular weight is 371 g/mol. The van der Waals surface area contributed by atoms with Gasteiger partial charge in [-0.15, -0.1) is 0 Å². The predicted octanol–water partition coefficient (Wildman–Crippen LogP) is 3.67. The Morgan fingerprint density at radius 3 is 2.93 bits per heavy atom. The molecule has 1 aromatic carbocycles. The van der Waals surface area contributed by atoms with Crippen molar-refractivity contribution in [2.45, 2.75) is 6.42 Å². The van der Waals surface area contributed by atoms with E-state index in [1.54, 1.807) is 24.8 Å². The number of anilines is 1. The highest BCUT2D eigenvalue weighted by atomic mass is 16.5. The van der Waals surface area contributed by atoms with Crippen LogP contribution in [0.4, 0.5) is 5.69 Å². The molecule has 0 radical (unpaired) electrons. The summed E-state index contributed by atoms with van der Waals surface area (Å²) in [5, 5.41) is 5.95. The summed E-state index contributed by atoms with van der Waals surface area (Å²) in [5.41, 5.74) is 5.33. The molecule has 0 fully saturated rings. The summed E-state index contributed by atoms with van der Waals surface area (Å²) in [4.78, 5) is 4.06. The van der Waals surface area contributed by atoms with Crippen LogP contribution in [-0.4, -0.2) is 21.4 Å². The van der Waals surface area contributed by atoms with Gasteiger partial charge in [0.1, 0.15) is 5.75 Å². The van der Waals surface area contributed by atoms with E-state index in [4.69, 9.17) is 10.6 Å². The number of fused-ring (bicyclic) bond motifs is 1. The van der Waals surface area contributed by atoms with E-state index in [1.807, 2.05) is 41.1 Å². The molecule has 0 saturated heterocycles. The highest BCUT2D eigenvalue weighted by Gasteiger charge is 2.15. The van der Waals surface area contributed by atoms with Crippen molar-refractivity contribution >= 4 is 11.3 Å². The van der Waals surface area contributed by atoms with Crippen LogP contribution >= 0.6 is 0 Å². The van der Waals surface area contributed by atoms with Gasteiger partial charge < -0.3 is 4.74 Å². The molecular formula is C22H21N5O. The molecule has 0 unspecified atom stereocenters. The first-order valence-electron chi connectivity index (χ1n) is 8.94. The highest BCUT2D eigenvalue weighted by molar-refractivity contribution is 5.78. The maximum Gasteiger partial charge on any atom is 0.122 e. The number of nitrogens with zero attached hydrogens (tertiary/aromatic N) is 4. The third kappa shape index (κ3) is 3.45. The minimum atomic E-state index is 0.728. The van der Waals surface area contributed by atoms with Crippen LogP contribution in [-0.2, 0) is 6.42 Å². The highest BCUT2D eigenvalue weighted by Crippen LogP contribution is 2.29. The van der Waals surface area contributed by atoms with Crippen molar-refractivity contribution in [3.8, 4) is 11.4 Å². The molecule has 0 atom stereocenters. The molecule has 6 heteroatoms. The molecular weight excluding hydrogens is 350 g/mol. The fourth-order valence-electron chi connectivity index (χ4n) is 3.07. The van der Waals surface area contributed by atoms with Gasteiger partial charge in [0.05, 0.1) is 36.1 Å². The van der Waals surface area contributed by atoms with Crippen molar-refractivity contribution in [1.29, 1.82) is 0 Å². The summed E-state index contributed by atoms with van der Waals surface area (Å²) >= 11 is 0. The van der Waals surface area contributed by atoms with Crippen molar-refractivity contribution in [2.24, 2.45) is 5.84 Å². The largest absolute Gasteiger partial charge is 0.493 e. The van der Waals surface area contributed by atoms with Gasteiger partial charge in [-0.25, -0.2) is 10.5 Å². The number of hydrogen-bond acceptors (Lipinski definition) is 5. The summed E-state index contributed by atoms with van der Waals surface area (Å²) in [7, 11) is 0. The molecule has 3 aromatic rings. The van der Waals surface area contributed by atoms with E-state index in [9.17, 15) is 0 Å². The average Bonchev–Trinajstić information content (AvgIpc) is 3.40. The first-order valence-corrected chi connectivity index (χ1v) is 8.94. The lowest BCUT2D eigenvalue weighted by atomic mass is 10.1. The molecule has 1 aliphatic rings. The molecule has 0 aliphatic carbocycles. The Kier molecular flexibility index (Phi) is 4.78. The van der Waals surface area contributed by atoms with Crippen LogP contribution in [0, 0.1) is 0 Å². The molecule has 28 heavy (non-hydrogen) atoms. The van der Waals surface area contributed by atoms with Crippen molar-refractivity contribution in [3.63, 3.8) is 0 Å². The Labute approximate surface area is 163 Å². The lowest BCUT2D eigenvalue weighted by molar-refractivity contribution is 0.357. The molecule has 1 aliphatic heterocycles. The molecule has 2 N–H and O–H groups in total. The fraction of sp³-hybridized carbons (Fsp3) is 0.0909. The Bertz CT molecular complexity index is 1050. The fourth-order valence-corrected chi connectivity index (χ4v) is 3.07. The molecule has 0 saturated carbocycles. The topological polar surface area (TPSA) is 69.2 Å². The van der Waals surface area contributed by atoms with Crippen LogP contribution in [0.2, 0.25) is 0 Å². The number of allylic oxidation sites excluding steroid dienone is 3. The van der Waals surface area contributed by atoms with E-state index in [0.29, 0.717) is 0 Å². The first kappa shape index (κ1) is 17.8. The molecule has 2 aromatic heterocycles. The van der Waals surface area contributed by atoms with E-state index in [2.05, 4.69) is 29.3 Å². The molecule has 0 bridgehead atoms. The molecule has 4 rings (SSSR count). The SMILES string of the molecule is C=C(/C=C\N(N)c1cccnc1)C(=C)c1ccnn1-c1ccc2c(c1)CCO2. The van der Waals surface area contributed by atoms with E-state index < -0.39 is 0 Å². The number of aromatic nitrogens is 3. The monoisotopic (exact) mass is 371 g/mol. The number of rotatable bonds is 6. The normalized spacial score (nSPS) is 12.6. The molecule has 140 valence electrons. The lowest BCUT2D eigenvalue weighted by Gasteiger charge is -2.14. The van der Waals surface area contributed by atoms with Gasteiger partial charge in [0, 0.05) is 18.8 Å². The number of benzene rings is 1. The Morgan fingerprint density at radius 2 is 2.11 bits per heavy atom. The van der Waals surface area contributed by atoms with Crippen LogP contribution in [0.25, 0.3) is 11.3 Å². The van der Waals surface area contributed by atoms with Gasteiger partial charge in [0.15, 0.2) is 0 Å². The van der Waals surface area contributed by atoms with E-state index >= 15 is 0 Å². The Balaban J connectivity index is 1.54. The van der Waals surface area contributed by atoms with Crippen molar-refractivity contribution in [1.82, 2.24) is 14.8 Å². The Morgan fingerprint density at radius 1 is 1.21 bits per heavy atom. The number of hydrazine groups is 1. The predicted molar refractivity (Wildman–Crippen MR) is 111 cm³/mol. The Hall–Kier alpha value is -3.64. The van der Waals surface area contributed by atoms with Crippen LogP contribution in [0.5, 0.6) is 5.75 Å². The van der Waals surface area contributed by atoms with Gasteiger partial charge in [0.2, 0.25) is 0 Å². The summed E-state index contributed by atoms with van der Waals surface area (Å²) in [6, 6.07) is 11.7. The third-order valence-electron chi connectivity index (χ3n) is 4.64. The smallest absolute Gasteiger partial charge is 0.122 e. The minimum absolute atomic E-state index is 0.728. The zero-order chi connectivity index (χ0) is 19.5. The third-order valence-corrected chi connectivity index (χ3v) is 4.64. The lowest BCUT2D eigenvalue weighted by Crippen LogP contribution is -2.24. The second kappa shape index (κ2) is 7.54. The van der Waals surface area contributed by atoms with Gasteiger partial charge >= 0.3 is 0 Å². The summed E-state index contributed by atoms with van der Waals surface area (Å²) < 4.78 is 7.45. The quantitative estimate of drug-likeness (QED) is 0.407. The number of pyridine rings is 1. The summed E-state index contributed by atoms with van der Waals surface area (Å²) in [6.45, 7) is 9.05. The molecule has 6 nitrogen and oxygen atoms in total. The summed E-state index contributed by atoms with van der Waals surface area (Å²) in [5.74, 6) is 6.99. The first-order chi connectivity index (χ1) is 13.6. The minimum Gasteiger partial charge on any atom is -0.493 e. The van der Waals surface area contributed by atoms with Crippen molar-refractivity contribution in [2.75, 3.05) is 11.6 Å². The molecule has 0 amide bonds. The van der Waals surface area contributed by atoms with Crippen LogP contribution in [0.3, 0.4) is 0 Å². The van der Waals surface area contributed by atoms with Gasteiger partial charge in [-0.3, -0.25) is 9.99 Å². The van der Waals surface area contributed by atoms with Gasteiger partial charge in [-0.05, 0) is 59.2 Å². The van der Waals surface area contributed by atoms with Gasteiger partial charge in [-0.2, -0.15) is 5.10 Å². The van der Waals surface area contributed by atoms with Crippen LogP contribution in [0.15, 0.2) is 86.0 Å². The maximum atomic E-state index is 6.04. The number of hydrogen-bond donors (Lipinski definition) is 1. The van der Waals surface area contributed by atoms with Crippen LogP contribution < -0.4 is 15.6 Å². The van der Waals surface area contributed by atoms with E-state index in [-0.39, 0.29) is 0 Å². The van der Waals surface area contributed by atoms with Crippen LogP contribution in [0.1, 0.15) is 11.3 Å². The van der Waals surface area contributed by atoms with E-state index in [0.717, 1.165) is 47.0 Å². The molecule has 3 heterocycles. The van der Waals surface area contributed by atoms with E-state index in [1.165, 1.54) is 10.6 Å². The molecule has 0 spiro atoms. The van der Waals surface area contributed by atoms with Crippen molar-refractivity contribution < 1.29 is 4.74 Å².